The second-order valence-electron chi connectivity index (χ2n) is 23.4. The van der Waals surface area contributed by atoms with E-state index in [2.05, 4.69) is 0 Å². The molecule has 0 spiro atoms. The summed E-state index contributed by atoms with van der Waals surface area (Å²) in [6, 6.07) is 69.8. The van der Waals surface area contributed by atoms with Gasteiger partial charge in [0.05, 0.1) is 61.4 Å². The highest BCUT2D eigenvalue weighted by Gasteiger charge is 2.59. The SMILES string of the molecule is CC(=O)O[C@@H]1C[C@@H](OC(=O)c2ccccc2)[C@H](O[C@H]2[C@H](O[C@@H]3O[C@@H](C)[C@@H](OCc4ccccc4)[C@@H](OCc4ccccc4)[C@@H]3OCc3ccccc3)[C@@H](N3C(=O)c4ccccc4C3=O)[C@H](Sc3ccccc3)O[C@@H]2COCc2ccccc2)O[C@@H]1COC(=O)c1ccccc1. The van der Waals surface area contributed by atoms with Gasteiger partial charge in [-0.15, -0.1) is 0 Å². The van der Waals surface area contributed by atoms with Crippen molar-refractivity contribution in [2.45, 2.75) is 137 Å². The van der Waals surface area contributed by atoms with E-state index in [1.807, 2.05) is 159 Å². The van der Waals surface area contributed by atoms with Gasteiger partial charge in [0, 0.05) is 18.2 Å². The number of carbonyl (C=O) groups is 5. The van der Waals surface area contributed by atoms with E-state index in [1.54, 1.807) is 84.9 Å². The summed E-state index contributed by atoms with van der Waals surface area (Å²) in [5.74, 6) is -3.41. The molecule has 0 unspecified atom stereocenters. The number of carbonyl (C=O) groups excluding carboxylic acids is 5. The van der Waals surface area contributed by atoms with E-state index in [9.17, 15) is 14.4 Å². The Bertz CT molecular complexity index is 3750. The van der Waals surface area contributed by atoms with Crippen LogP contribution < -0.4 is 0 Å². The van der Waals surface area contributed by atoms with Gasteiger partial charge >= 0.3 is 17.9 Å². The van der Waals surface area contributed by atoms with Crippen molar-refractivity contribution in [2.24, 2.45) is 0 Å². The highest BCUT2D eigenvalue weighted by atomic mass is 32.2. The minimum atomic E-state index is -1.64. The van der Waals surface area contributed by atoms with Crippen LogP contribution in [0.15, 0.2) is 241 Å². The number of nitrogens with zero attached hydrogens (tertiary/aromatic N) is 1. The molecule has 18 nitrogen and oxygen atoms in total. The normalized spacial score (nSPS) is 25.7. The number of imide groups is 1. The van der Waals surface area contributed by atoms with Crippen molar-refractivity contribution in [3.05, 3.63) is 281 Å². The van der Waals surface area contributed by atoms with Gasteiger partial charge in [-0.05, 0) is 77.7 Å². The number of fused-ring (bicyclic) bond motifs is 1. The van der Waals surface area contributed by atoms with Gasteiger partial charge in [-0.2, -0.15) is 0 Å². The third-order valence-electron chi connectivity index (χ3n) is 16.8. The van der Waals surface area contributed by atoms with Crippen LogP contribution in [0, 0.1) is 0 Å². The Morgan fingerprint density at radius 3 is 1.45 bits per heavy atom. The van der Waals surface area contributed by atoms with Crippen molar-refractivity contribution < 1.29 is 80.8 Å². The molecular formula is C76H73NO17S. The van der Waals surface area contributed by atoms with Crippen LogP contribution in [-0.4, -0.2) is 133 Å². The molecule has 95 heavy (non-hydrogen) atoms. The van der Waals surface area contributed by atoms with Gasteiger partial charge in [-0.3, -0.25) is 19.3 Å². The lowest BCUT2D eigenvalue weighted by Crippen LogP contribution is -2.69. The number of ether oxygens (including phenoxy) is 12. The molecule has 19 heteroatoms. The molecule has 2 amide bonds. The maximum Gasteiger partial charge on any atom is 0.338 e. The molecule has 12 rings (SSSR count). The van der Waals surface area contributed by atoms with Gasteiger partial charge in [0.25, 0.3) is 11.8 Å². The number of hydrogen-bond acceptors (Lipinski definition) is 18. The molecule has 490 valence electrons. The third kappa shape index (κ3) is 16.7. The lowest BCUT2D eigenvalue weighted by Gasteiger charge is -2.52. The summed E-state index contributed by atoms with van der Waals surface area (Å²) < 4.78 is 82.6. The summed E-state index contributed by atoms with van der Waals surface area (Å²) in [5.41, 5.74) is 3.03. The van der Waals surface area contributed by atoms with Gasteiger partial charge < -0.3 is 56.8 Å². The molecule has 8 aromatic rings. The van der Waals surface area contributed by atoms with E-state index in [0.29, 0.717) is 4.90 Å². The first kappa shape index (κ1) is 66.3. The third-order valence-corrected chi connectivity index (χ3v) is 17.9. The second kappa shape index (κ2) is 32.2. The molecule has 4 heterocycles. The van der Waals surface area contributed by atoms with Crippen LogP contribution in [0.5, 0.6) is 0 Å². The molecule has 14 atom stereocenters. The minimum absolute atomic E-state index is 0.0434. The van der Waals surface area contributed by atoms with Crippen LogP contribution in [0.1, 0.15) is 84.0 Å². The molecule has 8 aromatic carbocycles. The lowest BCUT2D eigenvalue weighted by molar-refractivity contribution is -0.362. The fourth-order valence-corrected chi connectivity index (χ4v) is 13.3. The van der Waals surface area contributed by atoms with Crippen molar-refractivity contribution in [3.63, 3.8) is 0 Å². The van der Waals surface area contributed by atoms with E-state index < -0.39 is 121 Å². The Morgan fingerprint density at radius 2 is 0.916 bits per heavy atom. The highest BCUT2D eigenvalue weighted by molar-refractivity contribution is 7.99. The van der Waals surface area contributed by atoms with Crippen molar-refractivity contribution in [2.75, 3.05) is 13.2 Å². The van der Waals surface area contributed by atoms with Gasteiger partial charge in [-0.1, -0.05) is 200 Å². The smallest absolute Gasteiger partial charge is 0.338 e. The van der Waals surface area contributed by atoms with Crippen molar-refractivity contribution in [1.29, 1.82) is 0 Å². The summed E-state index contributed by atoms with van der Waals surface area (Å²) in [7, 11) is 0. The molecule has 0 saturated carbocycles. The zero-order valence-electron chi connectivity index (χ0n) is 52.3. The Hall–Kier alpha value is -8.70. The zero-order valence-corrected chi connectivity index (χ0v) is 53.2. The standard InChI is InChI=1S/C76H73NO17S/c1-49-65(84-44-52-28-12-4-13-29-52)68(85-45-53-30-14-5-15-31-53)69(86-46-54-32-16-6-17-33-54)75(88-49)94-67-64(77-70(79)58-40-24-25-41-59(58)71(77)80)76(95-57-38-22-9-23-39-57)92-63(47-83-43-51-26-10-3-11-27-51)66(67)93-74-61(90-73(82)56-36-20-8-21-37-56)42-60(89-50(2)78)62(91-74)48-87-72(81)55-34-18-7-19-35-55/h3-41,49,60-69,74-76H,42-48H2,1-2H3/t49-,60+,61+,62+,63+,64+,65+,66+,67+,68+,69-,74-,75-,76-/m0/s1. The summed E-state index contributed by atoms with van der Waals surface area (Å²) in [6.45, 7) is 2.88. The Morgan fingerprint density at radius 1 is 0.453 bits per heavy atom. The Labute approximate surface area is 555 Å². The number of amides is 2. The number of hydrogen-bond donors (Lipinski definition) is 0. The van der Waals surface area contributed by atoms with Crippen LogP contribution in [0.25, 0.3) is 0 Å². The second-order valence-corrected chi connectivity index (χ2v) is 24.6. The van der Waals surface area contributed by atoms with Crippen molar-refractivity contribution in [3.8, 4) is 0 Å². The summed E-state index contributed by atoms with van der Waals surface area (Å²) in [4.78, 5) is 74.1. The summed E-state index contributed by atoms with van der Waals surface area (Å²) in [6.07, 6.45) is -15.0. The van der Waals surface area contributed by atoms with Crippen molar-refractivity contribution >= 4 is 41.5 Å². The molecule has 0 aromatic heterocycles. The molecule has 0 aliphatic carbocycles. The minimum Gasteiger partial charge on any atom is -0.459 e. The van der Waals surface area contributed by atoms with E-state index in [-0.39, 0.29) is 61.7 Å². The van der Waals surface area contributed by atoms with E-state index >= 15 is 9.59 Å². The predicted molar refractivity (Wildman–Crippen MR) is 348 cm³/mol. The van der Waals surface area contributed by atoms with Gasteiger partial charge in [0.15, 0.2) is 18.7 Å². The first-order chi connectivity index (χ1) is 46.5. The molecular weight excluding hydrogens is 1230 g/mol. The number of thioether (sulfide) groups is 1. The predicted octanol–water partition coefficient (Wildman–Crippen LogP) is 11.8. The Kier molecular flexibility index (Phi) is 22.5. The van der Waals surface area contributed by atoms with E-state index in [4.69, 9.17) is 56.8 Å². The van der Waals surface area contributed by atoms with Crippen LogP contribution in [-0.2, 0) is 88.1 Å². The molecule has 0 N–H and O–H groups in total. The maximum atomic E-state index is 15.5. The topological polar surface area (TPSA) is 199 Å². The Balaban J connectivity index is 1.01. The summed E-state index contributed by atoms with van der Waals surface area (Å²) in [5, 5.41) is 0. The molecule has 4 aliphatic heterocycles. The summed E-state index contributed by atoms with van der Waals surface area (Å²) >= 11 is 1.26. The maximum absolute atomic E-state index is 15.5. The fraction of sp³-hybridized carbons (Fsp3) is 0.303. The van der Waals surface area contributed by atoms with Crippen LogP contribution in [0.3, 0.4) is 0 Å². The first-order valence-corrected chi connectivity index (χ1v) is 32.6. The zero-order chi connectivity index (χ0) is 65.5. The van der Waals surface area contributed by atoms with Crippen LogP contribution >= 0.6 is 11.8 Å². The molecule has 3 saturated heterocycles. The quantitative estimate of drug-likeness (QED) is 0.0281. The van der Waals surface area contributed by atoms with Gasteiger partial charge in [-0.25, -0.2) is 9.59 Å². The molecule has 0 radical (unpaired) electrons. The van der Waals surface area contributed by atoms with Crippen LogP contribution in [0.2, 0.25) is 0 Å². The highest BCUT2D eigenvalue weighted by Crippen LogP contribution is 2.44. The molecule has 0 bridgehead atoms. The van der Waals surface area contributed by atoms with Crippen molar-refractivity contribution in [1.82, 2.24) is 4.90 Å². The van der Waals surface area contributed by atoms with E-state index in [0.717, 1.165) is 27.2 Å². The first-order valence-electron chi connectivity index (χ1n) is 31.7. The van der Waals surface area contributed by atoms with Gasteiger partial charge in [0.2, 0.25) is 0 Å². The largest absolute Gasteiger partial charge is 0.459 e. The average Bonchev–Trinajstić information content (AvgIpc) is 1.66. The van der Waals surface area contributed by atoms with E-state index in [1.165, 1.54) is 18.7 Å². The monoisotopic (exact) mass is 1300 g/mol. The van der Waals surface area contributed by atoms with Gasteiger partial charge in [0.1, 0.15) is 66.9 Å². The van der Waals surface area contributed by atoms with Crippen LogP contribution in [0.4, 0.5) is 0 Å². The lowest BCUT2D eigenvalue weighted by atomic mass is 9.94. The molecule has 3 fully saturated rings. The average molecular weight is 1300 g/mol. The number of benzene rings is 8. The number of esters is 3. The fourth-order valence-electron chi connectivity index (χ4n) is 12.1. The molecule has 4 aliphatic rings. The number of rotatable bonds is 26.